The van der Waals surface area contributed by atoms with E-state index in [4.69, 9.17) is 28.9 Å². The van der Waals surface area contributed by atoms with E-state index in [1.54, 1.807) is 11.0 Å². The van der Waals surface area contributed by atoms with Crippen LogP contribution in [0.2, 0.25) is 10.0 Å². The molecule has 0 saturated carbocycles. The number of carbonyl (C=O) groups is 2. The van der Waals surface area contributed by atoms with E-state index in [0.717, 1.165) is 70.2 Å². The van der Waals surface area contributed by atoms with Gasteiger partial charge in [-0.2, -0.15) is 13.2 Å². The molecule has 0 radical (unpaired) electrons. The number of likely N-dealkylation sites (tertiary alicyclic amines) is 1. The molecule has 2 aromatic carbocycles. The fourth-order valence-corrected chi connectivity index (χ4v) is 7.51. The van der Waals surface area contributed by atoms with Crippen molar-refractivity contribution in [3.05, 3.63) is 81.7 Å². The van der Waals surface area contributed by atoms with E-state index >= 15 is 0 Å². The minimum atomic E-state index is -4.52. The topological polar surface area (TPSA) is 114 Å². The van der Waals surface area contributed by atoms with Gasteiger partial charge in [-0.25, -0.2) is 19.6 Å². The largest absolute Gasteiger partial charge is 0.433 e. The number of nitrogens with one attached hydrogen (secondary N) is 1. The van der Waals surface area contributed by atoms with Crippen LogP contribution in [0.15, 0.2) is 54.6 Å². The number of carbonyl (C=O) groups excluding carboxylic acids is 2. The number of halogens is 5. The summed E-state index contributed by atoms with van der Waals surface area (Å²) in [5.41, 5.74) is 6.01. The number of amides is 4. The average Bonchev–Trinajstić information content (AvgIpc) is 3.19. The van der Waals surface area contributed by atoms with Crippen molar-refractivity contribution in [2.75, 3.05) is 88.3 Å². The second-order valence-corrected chi connectivity index (χ2v) is 16.3. The maximum absolute atomic E-state index is 13.5. The van der Waals surface area contributed by atoms with Crippen LogP contribution in [0.5, 0.6) is 0 Å². The molecule has 3 fully saturated rings. The predicted octanol–water partition coefficient (Wildman–Crippen LogP) is 7.48. The van der Waals surface area contributed by atoms with Crippen molar-refractivity contribution in [2.24, 2.45) is 5.73 Å². The molecule has 3 aliphatic rings. The van der Waals surface area contributed by atoms with E-state index in [-0.39, 0.29) is 17.9 Å². The highest BCUT2D eigenvalue weighted by Gasteiger charge is 2.36. The van der Waals surface area contributed by atoms with Gasteiger partial charge in [0.25, 0.3) is 0 Å². The van der Waals surface area contributed by atoms with Gasteiger partial charge in [-0.1, -0.05) is 80.4 Å². The van der Waals surface area contributed by atoms with Crippen molar-refractivity contribution >= 4 is 46.8 Å². The number of rotatable bonds is 8. The van der Waals surface area contributed by atoms with Crippen LogP contribution in [0.4, 0.5) is 34.3 Å². The highest BCUT2D eigenvalue weighted by atomic mass is 35.5. The zero-order chi connectivity index (χ0) is 40.5. The minimum Gasteiger partial charge on any atom is -0.367 e. The van der Waals surface area contributed by atoms with Gasteiger partial charge in [0.2, 0.25) is 0 Å². The van der Waals surface area contributed by atoms with E-state index < -0.39 is 17.3 Å². The maximum atomic E-state index is 13.5. The van der Waals surface area contributed by atoms with Gasteiger partial charge in [0.15, 0.2) is 0 Å². The van der Waals surface area contributed by atoms with E-state index in [2.05, 4.69) is 49.4 Å². The van der Waals surface area contributed by atoms with Crippen molar-refractivity contribution in [1.82, 2.24) is 30.0 Å². The molecule has 0 unspecified atom stereocenters. The van der Waals surface area contributed by atoms with Crippen LogP contribution >= 0.6 is 23.2 Å². The Kier molecular flexibility index (Phi) is 15.0. The summed E-state index contributed by atoms with van der Waals surface area (Å²) in [4.78, 5) is 41.7. The van der Waals surface area contributed by atoms with Gasteiger partial charge in [-0.3, -0.25) is 4.90 Å². The van der Waals surface area contributed by atoms with Gasteiger partial charge in [0, 0.05) is 83.5 Å². The molecular weight excluding hydrogens is 766 g/mol. The second kappa shape index (κ2) is 19.4. The highest BCUT2D eigenvalue weighted by molar-refractivity contribution is 6.43. The summed E-state index contributed by atoms with van der Waals surface area (Å²) in [5, 5.41) is 4.07. The quantitative estimate of drug-likeness (QED) is 0.227. The summed E-state index contributed by atoms with van der Waals surface area (Å²) < 4.78 is 40.4. The van der Waals surface area contributed by atoms with Crippen molar-refractivity contribution in [3.63, 3.8) is 0 Å². The Morgan fingerprint density at radius 2 is 1.45 bits per heavy atom. The Morgan fingerprint density at radius 3 is 2.05 bits per heavy atom. The van der Waals surface area contributed by atoms with Crippen LogP contribution < -0.4 is 20.9 Å². The van der Waals surface area contributed by atoms with Crippen LogP contribution in [0.3, 0.4) is 0 Å². The lowest BCUT2D eigenvalue weighted by Gasteiger charge is -2.36. The van der Waals surface area contributed by atoms with E-state index in [0.29, 0.717) is 67.6 Å². The van der Waals surface area contributed by atoms with Crippen molar-refractivity contribution < 1.29 is 22.8 Å². The standard InChI is InChI=1S/C28H38Cl2F3N7O.C12H16N2O/c1-27(2,3)25-35-22(28(31,32)33)19-23(36-25)39-13-11-37(12-14-39)10-5-4-9-34-26(41)40-17-15-38(16-18-40)21-8-6-7-20(29)24(21)30;13-12(15)14-8-6-11(7-9-14)10-4-2-1-3-5-10/h6-8,19H,4-5,9-18H2,1-3H3,(H,34,41);1-5,11H,6-9H2,(H2,13,15). The Bertz CT molecular complexity index is 1710. The molecule has 1 aromatic heterocycles. The lowest BCUT2D eigenvalue weighted by molar-refractivity contribution is -0.141. The monoisotopic (exact) mass is 819 g/mol. The fraction of sp³-hybridized carbons (Fsp3) is 0.550. The SMILES string of the molecule is CC(C)(C)c1nc(N2CCN(CCCCNC(=O)N3CCN(c4cccc(Cl)c4Cl)CC3)CC2)cc(C(F)(F)F)n1.NC(=O)N1CCC(c2ccccc2)CC1. The number of urea groups is 2. The summed E-state index contributed by atoms with van der Waals surface area (Å²) in [7, 11) is 0. The first-order chi connectivity index (χ1) is 26.6. The Labute approximate surface area is 338 Å². The summed E-state index contributed by atoms with van der Waals surface area (Å²) in [6, 6.07) is 16.7. The number of hydrogen-bond donors (Lipinski definition) is 2. The first-order valence-electron chi connectivity index (χ1n) is 19.3. The number of anilines is 2. The number of piperidine rings is 1. The van der Waals surface area contributed by atoms with Gasteiger partial charge in [-0.15, -0.1) is 0 Å². The molecule has 0 bridgehead atoms. The van der Waals surface area contributed by atoms with Gasteiger partial charge >= 0.3 is 18.2 Å². The number of aromatic nitrogens is 2. The maximum Gasteiger partial charge on any atom is 0.433 e. The van der Waals surface area contributed by atoms with Crippen LogP contribution in [0, 0.1) is 0 Å². The van der Waals surface area contributed by atoms with Gasteiger partial charge in [0.05, 0.1) is 15.7 Å². The van der Waals surface area contributed by atoms with Crippen LogP contribution in [-0.2, 0) is 11.6 Å². The lowest BCUT2D eigenvalue weighted by atomic mass is 9.90. The number of alkyl halides is 3. The number of nitrogens with zero attached hydrogens (tertiary/aromatic N) is 7. The average molecular weight is 821 g/mol. The molecule has 6 rings (SSSR count). The number of benzene rings is 2. The summed E-state index contributed by atoms with van der Waals surface area (Å²) in [6.45, 7) is 13.7. The minimum absolute atomic E-state index is 0.0619. The fourth-order valence-electron chi connectivity index (χ4n) is 7.09. The molecule has 0 aliphatic carbocycles. The zero-order valence-electron chi connectivity index (χ0n) is 32.5. The molecule has 3 saturated heterocycles. The molecule has 3 N–H and O–H groups in total. The van der Waals surface area contributed by atoms with E-state index in [1.807, 2.05) is 48.8 Å². The molecule has 0 atom stereocenters. The van der Waals surface area contributed by atoms with E-state index in [1.165, 1.54) is 5.56 Å². The summed E-state index contributed by atoms with van der Waals surface area (Å²) in [6.07, 6.45) is -0.713. The molecule has 306 valence electrons. The van der Waals surface area contributed by atoms with Gasteiger partial charge in [0.1, 0.15) is 17.3 Å². The molecular formula is C40H54Cl2F3N9O2. The Morgan fingerprint density at radius 1 is 0.804 bits per heavy atom. The van der Waals surface area contributed by atoms with Crippen molar-refractivity contribution in [3.8, 4) is 0 Å². The van der Waals surface area contributed by atoms with E-state index in [9.17, 15) is 22.8 Å². The van der Waals surface area contributed by atoms with Crippen LogP contribution in [0.25, 0.3) is 0 Å². The third-order valence-corrected chi connectivity index (χ3v) is 11.3. The van der Waals surface area contributed by atoms with Gasteiger partial charge in [-0.05, 0) is 55.8 Å². The van der Waals surface area contributed by atoms with Crippen LogP contribution in [-0.4, -0.2) is 115 Å². The molecule has 3 aliphatic heterocycles. The number of unbranched alkanes of at least 4 members (excludes halogenated alkanes) is 1. The summed E-state index contributed by atoms with van der Waals surface area (Å²) in [5.74, 6) is 1.11. The molecule has 0 spiro atoms. The number of nitrogens with two attached hydrogens (primary N) is 1. The first-order valence-corrected chi connectivity index (χ1v) is 20.1. The normalized spacial score (nSPS) is 17.4. The smallest absolute Gasteiger partial charge is 0.367 e. The molecule has 4 amide bonds. The lowest BCUT2D eigenvalue weighted by Crippen LogP contribution is -2.52. The Hall–Kier alpha value is -4.01. The van der Waals surface area contributed by atoms with Crippen LogP contribution in [0.1, 0.15) is 69.5 Å². The van der Waals surface area contributed by atoms with Crippen molar-refractivity contribution in [1.29, 1.82) is 0 Å². The Balaban J connectivity index is 0.000000332. The summed E-state index contributed by atoms with van der Waals surface area (Å²) >= 11 is 12.5. The third-order valence-electron chi connectivity index (χ3n) is 10.5. The van der Waals surface area contributed by atoms with Gasteiger partial charge < -0.3 is 30.7 Å². The number of piperazine rings is 2. The predicted molar refractivity (Wildman–Crippen MR) is 217 cm³/mol. The zero-order valence-corrected chi connectivity index (χ0v) is 34.0. The molecule has 11 nitrogen and oxygen atoms in total. The molecule has 16 heteroatoms. The van der Waals surface area contributed by atoms with Crippen molar-refractivity contribution in [2.45, 2.75) is 64.0 Å². The first kappa shape index (κ1) is 43.1. The second-order valence-electron chi connectivity index (χ2n) is 15.5. The highest BCUT2D eigenvalue weighted by Crippen LogP contribution is 2.34. The molecule has 56 heavy (non-hydrogen) atoms. The third kappa shape index (κ3) is 12.0. The number of primary amides is 1. The number of hydrogen-bond acceptors (Lipinski definition) is 7. The molecule has 3 aromatic rings. The molecule has 4 heterocycles.